The standard InChI is InChI=1S/C29H25F3N6OS/c1-3-37(4-2)23-13-9-19(10-14-23)17-33-35-27(39)24-18-40-28(34-24)38-25(16-26(36-38)29(30,31)32)22-12-11-20-7-5-6-8-21(20)15-22/h5-18H,3-4H2,1-2H3,(H,35,39)/b33-17+. The van der Waals surface area contributed by atoms with Crippen molar-refractivity contribution < 1.29 is 18.0 Å². The van der Waals surface area contributed by atoms with Gasteiger partial charge in [0.2, 0.25) is 5.13 Å². The maximum atomic E-state index is 13.6. The van der Waals surface area contributed by atoms with Crippen molar-refractivity contribution in [3.8, 4) is 16.4 Å². The van der Waals surface area contributed by atoms with Crippen molar-refractivity contribution in [3.63, 3.8) is 0 Å². The number of aromatic nitrogens is 3. The monoisotopic (exact) mass is 562 g/mol. The summed E-state index contributed by atoms with van der Waals surface area (Å²) in [5.41, 5.74) is 4.04. The molecular weight excluding hydrogens is 537 g/mol. The molecule has 1 N–H and O–H groups in total. The van der Waals surface area contributed by atoms with Crippen LogP contribution in [0.5, 0.6) is 0 Å². The summed E-state index contributed by atoms with van der Waals surface area (Å²) in [7, 11) is 0. The van der Waals surface area contributed by atoms with Gasteiger partial charge in [-0.25, -0.2) is 15.1 Å². The molecule has 2 heterocycles. The minimum Gasteiger partial charge on any atom is -0.372 e. The maximum absolute atomic E-state index is 13.6. The Morgan fingerprint density at radius 2 is 1.75 bits per heavy atom. The fraction of sp³-hybridized carbons (Fsp3) is 0.172. The molecule has 11 heteroatoms. The summed E-state index contributed by atoms with van der Waals surface area (Å²) < 4.78 is 41.9. The van der Waals surface area contributed by atoms with Crippen molar-refractivity contribution in [2.75, 3.05) is 18.0 Å². The first kappa shape index (κ1) is 27.1. The first-order valence-electron chi connectivity index (χ1n) is 12.6. The molecule has 0 radical (unpaired) electrons. The lowest BCUT2D eigenvalue weighted by Gasteiger charge is -2.20. The van der Waals surface area contributed by atoms with Crippen molar-refractivity contribution >= 4 is 39.9 Å². The van der Waals surface area contributed by atoms with Crippen molar-refractivity contribution in [3.05, 3.63) is 95.1 Å². The van der Waals surface area contributed by atoms with Gasteiger partial charge in [-0.05, 0) is 54.4 Å². The van der Waals surface area contributed by atoms with Crippen LogP contribution < -0.4 is 10.3 Å². The summed E-state index contributed by atoms with van der Waals surface area (Å²) in [4.78, 5) is 19.1. The molecule has 0 aliphatic heterocycles. The molecular formula is C29H25F3N6OS. The molecule has 0 bridgehead atoms. The normalized spacial score (nSPS) is 11.8. The summed E-state index contributed by atoms with van der Waals surface area (Å²) in [6.45, 7) is 5.97. The van der Waals surface area contributed by atoms with E-state index in [0.717, 1.165) is 57.2 Å². The van der Waals surface area contributed by atoms with Gasteiger partial charge in [0.05, 0.1) is 11.9 Å². The third-order valence-electron chi connectivity index (χ3n) is 6.35. The molecule has 204 valence electrons. The zero-order valence-corrected chi connectivity index (χ0v) is 22.5. The highest BCUT2D eigenvalue weighted by Crippen LogP contribution is 2.34. The fourth-order valence-electron chi connectivity index (χ4n) is 4.27. The van der Waals surface area contributed by atoms with E-state index in [1.807, 2.05) is 54.6 Å². The third kappa shape index (κ3) is 5.74. The number of nitrogens with zero attached hydrogens (tertiary/aromatic N) is 5. The summed E-state index contributed by atoms with van der Waals surface area (Å²) in [5.74, 6) is -0.589. The molecule has 0 unspecified atom stereocenters. The van der Waals surface area contributed by atoms with Crippen LogP contribution in [-0.4, -0.2) is 40.0 Å². The molecule has 3 aromatic carbocycles. The molecule has 0 aliphatic carbocycles. The SMILES string of the molecule is CCN(CC)c1ccc(/C=N/NC(=O)c2csc(-n3nc(C(F)(F)F)cc3-c3ccc4ccccc4c3)n2)cc1. The molecule has 40 heavy (non-hydrogen) atoms. The van der Waals surface area contributed by atoms with Crippen LogP contribution in [0.1, 0.15) is 35.6 Å². The lowest BCUT2D eigenvalue weighted by Crippen LogP contribution is -2.21. The Morgan fingerprint density at radius 3 is 2.45 bits per heavy atom. The Labute approximate surface area is 232 Å². The minimum absolute atomic E-state index is 0.0163. The number of hydrazone groups is 1. The van der Waals surface area contributed by atoms with E-state index >= 15 is 0 Å². The number of alkyl halides is 3. The number of rotatable bonds is 8. The van der Waals surface area contributed by atoms with Crippen molar-refractivity contribution in [1.29, 1.82) is 0 Å². The van der Waals surface area contributed by atoms with E-state index in [9.17, 15) is 18.0 Å². The van der Waals surface area contributed by atoms with Crippen LogP contribution in [0.2, 0.25) is 0 Å². The van der Waals surface area contributed by atoms with Crippen molar-refractivity contribution in [2.45, 2.75) is 20.0 Å². The Bertz CT molecular complexity index is 1670. The van der Waals surface area contributed by atoms with Crippen LogP contribution in [0, 0.1) is 0 Å². The van der Waals surface area contributed by atoms with Crippen molar-refractivity contribution in [1.82, 2.24) is 20.2 Å². The summed E-state index contributed by atoms with van der Waals surface area (Å²) in [5, 5.41) is 11.2. The van der Waals surface area contributed by atoms with Crippen LogP contribution in [0.3, 0.4) is 0 Å². The maximum Gasteiger partial charge on any atom is 0.435 e. The first-order valence-corrected chi connectivity index (χ1v) is 13.5. The Balaban J connectivity index is 1.37. The minimum atomic E-state index is -4.65. The molecule has 0 atom stereocenters. The molecule has 7 nitrogen and oxygen atoms in total. The van der Waals surface area contributed by atoms with Crippen LogP contribution in [0.25, 0.3) is 27.2 Å². The topological polar surface area (TPSA) is 75.4 Å². The van der Waals surface area contributed by atoms with Crippen LogP contribution in [0.15, 0.2) is 83.3 Å². The number of hydrogen-bond acceptors (Lipinski definition) is 6. The zero-order valence-electron chi connectivity index (χ0n) is 21.7. The van der Waals surface area contributed by atoms with E-state index in [2.05, 4.69) is 39.4 Å². The third-order valence-corrected chi connectivity index (χ3v) is 7.17. The Hall–Kier alpha value is -4.51. The van der Waals surface area contributed by atoms with Gasteiger partial charge >= 0.3 is 6.18 Å². The van der Waals surface area contributed by atoms with E-state index in [1.165, 1.54) is 11.6 Å². The Kier molecular flexibility index (Phi) is 7.65. The number of benzene rings is 3. The number of fused-ring (bicyclic) bond motifs is 1. The number of thiazole rings is 1. The summed E-state index contributed by atoms with van der Waals surface area (Å²) >= 11 is 1.01. The van der Waals surface area contributed by atoms with Gasteiger partial charge in [0.15, 0.2) is 5.69 Å². The molecule has 0 aliphatic rings. The fourth-order valence-corrected chi connectivity index (χ4v) is 5.04. The van der Waals surface area contributed by atoms with Crippen LogP contribution in [0.4, 0.5) is 18.9 Å². The van der Waals surface area contributed by atoms with Gasteiger partial charge in [0.25, 0.3) is 5.91 Å². The average Bonchev–Trinajstić information content (AvgIpc) is 3.62. The smallest absolute Gasteiger partial charge is 0.372 e. The highest BCUT2D eigenvalue weighted by molar-refractivity contribution is 7.12. The molecule has 0 fully saturated rings. The molecule has 0 saturated heterocycles. The number of nitrogens with one attached hydrogen (secondary N) is 1. The second-order valence-electron chi connectivity index (χ2n) is 8.86. The van der Waals surface area contributed by atoms with Gasteiger partial charge in [0, 0.05) is 29.7 Å². The predicted molar refractivity (Wildman–Crippen MR) is 152 cm³/mol. The predicted octanol–water partition coefficient (Wildman–Crippen LogP) is 6.78. The number of hydrogen-bond donors (Lipinski definition) is 1. The number of anilines is 1. The molecule has 0 saturated carbocycles. The number of amides is 1. The number of carbonyl (C=O) groups is 1. The highest BCUT2D eigenvalue weighted by Gasteiger charge is 2.35. The largest absolute Gasteiger partial charge is 0.435 e. The van der Waals surface area contributed by atoms with Crippen LogP contribution in [-0.2, 0) is 6.18 Å². The molecule has 0 spiro atoms. The highest BCUT2D eigenvalue weighted by atomic mass is 32.1. The summed E-state index contributed by atoms with van der Waals surface area (Å²) in [6.07, 6.45) is -3.13. The second kappa shape index (κ2) is 11.3. The molecule has 5 aromatic rings. The summed E-state index contributed by atoms with van der Waals surface area (Å²) in [6, 6.07) is 21.7. The van der Waals surface area contributed by atoms with E-state index < -0.39 is 17.8 Å². The van der Waals surface area contributed by atoms with Crippen LogP contribution >= 0.6 is 11.3 Å². The number of carbonyl (C=O) groups excluding carboxylic acids is 1. The van der Waals surface area contributed by atoms with Gasteiger partial charge in [-0.2, -0.15) is 23.4 Å². The molecule has 5 rings (SSSR count). The van der Waals surface area contributed by atoms with Gasteiger partial charge in [0.1, 0.15) is 5.69 Å². The van der Waals surface area contributed by atoms with Gasteiger partial charge in [-0.15, -0.1) is 11.3 Å². The molecule has 2 aromatic heterocycles. The lowest BCUT2D eigenvalue weighted by atomic mass is 10.0. The van der Waals surface area contributed by atoms with E-state index in [-0.39, 0.29) is 16.5 Å². The Morgan fingerprint density at radius 1 is 1.02 bits per heavy atom. The first-order chi connectivity index (χ1) is 19.3. The van der Waals surface area contributed by atoms with Gasteiger partial charge < -0.3 is 4.90 Å². The van der Waals surface area contributed by atoms with Crippen molar-refractivity contribution in [2.24, 2.45) is 5.10 Å². The van der Waals surface area contributed by atoms with E-state index in [1.54, 1.807) is 12.1 Å². The molecule has 1 amide bonds. The lowest BCUT2D eigenvalue weighted by molar-refractivity contribution is -0.141. The quantitative estimate of drug-likeness (QED) is 0.167. The van der Waals surface area contributed by atoms with E-state index in [4.69, 9.17) is 0 Å². The van der Waals surface area contributed by atoms with Gasteiger partial charge in [-0.3, -0.25) is 4.79 Å². The second-order valence-corrected chi connectivity index (χ2v) is 9.70. The van der Waals surface area contributed by atoms with Gasteiger partial charge in [-0.1, -0.05) is 48.5 Å². The average molecular weight is 563 g/mol. The zero-order chi connectivity index (χ0) is 28.3. The number of halogens is 3. The van der Waals surface area contributed by atoms with E-state index in [0.29, 0.717) is 5.56 Å².